The molecule has 0 N–H and O–H groups in total. The maximum Gasteiger partial charge on any atom is 0.192 e. The fourth-order valence-corrected chi connectivity index (χ4v) is 1.35. The van der Waals surface area contributed by atoms with Gasteiger partial charge in [0, 0.05) is 0 Å². The molecule has 0 amide bonds. The minimum absolute atomic E-state index is 0.123. The van der Waals surface area contributed by atoms with Gasteiger partial charge in [-0.25, -0.2) is 0 Å². The van der Waals surface area contributed by atoms with Crippen molar-refractivity contribution in [3.05, 3.63) is 23.8 Å². The Morgan fingerprint density at radius 2 is 2.10 bits per heavy atom. The van der Waals surface area contributed by atoms with Crippen molar-refractivity contribution in [2.75, 3.05) is 6.26 Å². The van der Waals surface area contributed by atoms with Gasteiger partial charge in [-0.05, 0) is 30.9 Å². The third kappa shape index (κ3) is 1.45. The van der Waals surface area contributed by atoms with Gasteiger partial charge in [-0.2, -0.15) is 0 Å². The predicted octanol–water partition coefficient (Wildman–Crippen LogP) is 2.86. The zero-order valence-corrected chi connectivity index (χ0v) is 6.87. The Balaban J connectivity index is 3.09. The molecule has 0 spiro atoms. The zero-order chi connectivity index (χ0) is 7.56. The molecule has 1 rings (SSSR count). The summed E-state index contributed by atoms with van der Waals surface area (Å²) in [6.07, 6.45) is 1.91. The highest BCUT2D eigenvalue weighted by Crippen LogP contribution is 2.27. The molecule has 0 bridgehead atoms. The smallest absolute Gasteiger partial charge is 0.192 e. The van der Waals surface area contributed by atoms with Gasteiger partial charge in [0.15, 0.2) is 5.75 Å². The van der Waals surface area contributed by atoms with Crippen molar-refractivity contribution >= 4 is 11.8 Å². The molecule has 0 fully saturated rings. The Labute approximate surface area is 65.1 Å². The topological polar surface area (TPSA) is 19.9 Å². The molecule has 0 saturated carbocycles. The van der Waals surface area contributed by atoms with Gasteiger partial charge >= 0.3 is 0 Å². The van der Waals surface area contributed by atoms with Crippen LogP contribution < -0.4 is 0 Å². The fraction of sp³-hybridized carbons (Fsp3) is 0.250. The number of hydrogen-bond acceptors (Lipinski definition) is 1. The summed E-state index contributed by atoms with van der Waals surface area (Å²) in [4.78, 5) is 0.833. The van der Waals surface area contributed by atoms with Crippen LogP contribution in [-0.2, 0) is 5.11 Å². The van der Waals surface area contributed by atoms with Crippen LogP contribution in [0.5, 0.6) is 5.75 Å². The maximum absolute atomic E-state index is 11.0. The molecule has 0 aromatic heterocycles. The van der Waals surface area contributed by atoms with E-state index in [0.717, 1.165) is 10.5 Å². The van der Waals surface area contributed by atoms with Crippen LogP contribution in [0.15, 0.2) is 23.1 Å². The fourth-order valence-electron chi connectivity index (χ4n) is 0.775. The number of aryl methyl sites for hydroxylation is 1. The molecule has 0 unspecified atom stereocenters. The highest BCUT2D eigenvalue weighted by Gasteiger charge is 1.99. The van der Waals surface area contributed by atoms with Gasteiger partial charge in [0.05, 0.1) is 4.90 Å². The van der Waals surface area contributed by atoms with Crippen LogP contribution in [0.25, 0.3) is 0 Å². The first-order valence-electron chi connectivity index (χ1n) is 3.05. The molecule has 0 saturated heterocycles. The summed E-state index contributed by atoms with van der Waals surface area (Å²) >= 11 is 1.50. The summed E-state index contributed by atoms with van der Waals surface area (Å²) in [5, 5.41) is 11.0. The standard InChI is InChI=1S/C8H9OS/c1-6-3-4-7(9)8(5-6)10-2/h3-5H,1-2H3. The van der Waals surface area contributed by atoms with E-state index in [0.29, 0.717) is 0 Å². The van der Waals surface area contributed by atoms with Crippen LogP contribution >= 0.6 is 11.8 Å². The zero-order valence-electron chi connectivity index (χ0n) is 6.05. The van der Waals surface area contributed by atoms with Crippen LogP contribution in [0, 0.1) is 6.92 Å². The van der Waals surface area contributed by atoms with E-state index in [1.54, 1.807) is 6.07 Å². The number of rotatable bonds is 1. The van der Waals surface area contributed by atoms with Crippen molar-refractivity contribution in [1.82, 2.24) is 0 Å². The third-order valence-electron chi connectivity index (χ3n) is 1.32. The Morgan fingerprint density at radius 1 is 1.40 bits per heavy atom. The van der Waals surface area contributed by atoms with E-state index in [9.17, 15) is 5.11 Å². The molecule has 0 atom stereocenters. The average molecular weight is 153 g/mol. The summed E-state index contributed by atoms with van der Waals surface area (Å²) in [6, 6.07) is 5.36. The SMILES string of the molecule is CSc1cc(C)ccc1[O]. The van der Waals surface area contributed by atoms with Gasteiger partial charge in [-0.3, -0.25) is 5.11 Å². The third-order valence-corrected chi connectivity index (χ3v) is 2.08. The molecular formula is C8H9OS. The molecular weight excluding hydrogens is 144 g/mol. The quantitative estimate of drug-likeness (QED) is 0.568. The lowest BCUT2D eigenvalue weighted by Gasteiger charge is -1.97. The molecule has 0 aliphatic rings. The van der Waals surface area contributed by atoms with Gasteiger partial charge in [-0.15, -0.1) is 11.8 Å². The van der Waals surface area contributed by atoms with Crippen molar-refractivity contribution < 1.29 is 5.11 Å². The minimum Gasteiger partial charge on any atom is -0.289 e. The molecule has 10 heavy (non-hydrogen) atoms. The first kappa shape index (κ1) is 7.48. The van der Waals surface area contributed by atoms with Crippen LogP contribution in [0.2, 0.25) is 0 Å². The lowest BCUT2D eigenvalue weighted by atomic mass is 10.2. The predicted molar refractivity (Wildman–Crippen MR) is 43.1 cm³/mol. The molecule has 1 aromatic carbocycles. The van der Waals surface area contributed by atoms with Crippen molar-refractivity contribution in [3.63, 3.8) is 0 Å². The Hall–Kier alpha value is -0.630. The van der Waals surface area contributed by atoms with Gasteiger partial charge in [0.2, 0.25) is 0 Å². The van der Waals surface area contributed by atoms with Crippen LogP contribution in [0.1, 0.15) is 5.56 Å². The van der Waals surface area contributed by atoms with Crippen LogP contribution in [0.3, 0.4) is 0 Å². The first-order valence-corrected chi connectivity index (χ1v) is 4.28. The van der Waals surface area contributed by atoms with Crippen LogP contribution in [0.4, 0.5) is 0 Å². The summed E-state index contributed by atoms with van der Waals surface area (Å²) < 4.78 is 0. The molecule has 1 radical (unpaired) electrons. The highest BCUT2D eigenvalue weighted by atomic mass is 32.2. The summed E-state index contributed by atoms with van der Waals surface area (Å²) in [7, 11) is 0. The normalized spacial score (nSPS) is 9.80. The number of thioether (sulfide) groups is 1. The summed E-state index contributed by atoms with van der Waals surface area (Å²) in [5.41, 5.74) is 1.14. The van der Waals surface area contributed by atoms with E-state index in [-0.39, 0.29) is 5.75 Å². The number of benzene rings is 1. The molecule has 1 aromatic rings. The van der Waals surface area contributed by atoms with E-state index in [2.05, 4.69) is 0 Å². The maximum atomic E-state index is 11.0. The second-order valence-electron chi connectivity index (χ2n) is 2.15. The average Bonchev–Trinajstić information content (AvgIpc) is 1.94. The summed E-state index contributed by atoms with van der Waals surface area (Å²) in [5.74, 6) is 0.123. The largest absolute Gasteiger partial charge is 0.289 e. The van der Waals surface area contributed by atoms with E-state index < -0.39 is 0 Å². The highest BCUT2D eigenvalue weighted by molar-refractivity contribution is 7.98. The first-order chi connectivity index (χ1) is 4.74. The number of hydrogen-bond donors (Lipinski definition) is 0. The second-order valence-corrected chi connectivity index (χ2v) is 3.00. The van der Waals surface area contributed by atoms with E-state index in [1.807, 2.05) is 25.3 Å². The Kier molecular flexibility index (Phi) is 2.22. The Morgan fingerprint density at radius 3 is 2.60 bits per heavy atom. The minimum atomic E-state index is 0.123. The van der Waals surface area contributed by atoms with Gasteiger partial charge in [0.25, 0.3) is 0 Å². The molecule has 2 heteroatoms. The lowest BCUT2D eigenvalue weighted by molar-refractivity contribution is 0.344. The van der Waals surface area contributed by atoms with Gasteiger partial charge in [-0.1, -0.05) is 6.07 Å². The molecule has 0 heterocycles. The Bertz CT molecular complexity index is 233. The van der Waals surface area contributed by atoms with Crippen molar-refractivity contribution in [2.24, 2.45) is 0 Å². The summed E-state index contributed by atoms with van der Waals surface area (Å²) in [6.45, 7) is 1.99. The van der Waals surface area contributed by atoms with Crippen molar-refractivity contribution in [2.45, 2.75) is 11.8 Å². The van der Waals surface area contributed by atoms with E-state index in [1.165, 1.54) is 11.8 Å². The lowest BCUT2D eigenvalue weighted by Crippen LogP contribution is -1.73. The molecule has 0 aliphatic carbocycles. The van der Waals surface area contributed by atoms with E-state index >= 15 is 0 Å². The molecule has 1 nitrogen and oxygen atoms in total. The van der Waals surface area contributed by atoms with Crippen LogP contribution in [-0.4, -0.2) is 6.26 Å². The molecule has 53 valence electrons. The van der Waals surface area contributed by atoms with Gasteiger partial charge < -0.3 is 0 Å². The molecule has 0 aliphatic heterocycles. The van der Waals surface area contributed by atoms with Crippen molar-refractivity contribution in [1.29, 1.82) is 0 Å². The van der Waals surface area contributed by atoms with Crippen molar-refractivity contribution in [3.8, 4) is 5.75 Å². The van der Waals surface area contributed by atoms with Gasteiger partial charge in [0.1, 0.15) is 0 Å². The monoisotopic (exact) mass is 153 g/mol. The van der Waals surface area contributed by atoms with E-state index in [4.69, 9.17) is 0 Å². The second kappa shape index (κ2) is 2.97.